The van der Waals surface area contributed by atoms with Crippen molar-refractivity contribution in [3.63, 3.8) is 0 Å². The summed E-state index contributed by atoms with van der Waals surface area (Å²) in [5, 5.41) is 0. The van der Waals surface area contributed by atoms with Crippen molar-refractivity contribution in [2.75, 3.05) is 20.3 Å². The molecule has 3 fully saturated rings. The summed E-state index contributed by atoms with van der Waals surface area (Å²) in [4.78, 5) is 12.9. The number of carbonyl (C=O) groups is 1. The van der Waals surface area contributed by atoms with Crippen molar-refractivity contribution >= 4 is 14.3 Å². The summed E-state index contributed by atoms with van der Waals surface area (Å²) in [6.45, 7) is 15.8. The normalized spacial score (nSPS) is 34.4. The van der Waals surface area contributed by atoms with Crippen LogP contribution < -0.4 is 0 Å². The molecule has 0 N–H and O–H groups in total. The van der Waals surface area contributed by atoms with Crippen molar-refractivity contribution in [3.8, 4) is 0 Å². The average molecular weight is 577 g/mol. The maximum Gasteiger partial charge on any atom is 0.334 e. The van der Waals surface area contributed by atoms with Crippen LogP contribution in [0, 0.1) is 5.92 Å². The Kier molecular flexibility index (Phi) is 10.6. The Labute approximate surface area is 240 Å². The van der Waals surface area contributed by atoms with Crippen LogP contribution in [0.2, 0.25) is 19.6 Å². The third-order valence-corrected chi connectivity index (χ3v) is 9.14. The van der Waals surface area contributed by atoms with Crippen LogP contribution in [0.3, 0.4) is 0 Å². The zero-order valence-corrected chi connectivity index (χ0v) is 26.0. The van der Waals surface area contributed by atoms with Gasteiger partial charge >= 0.3 is 5.97 Å². The number of hydrogen-bond acceptors (Lipinski definition) is 8. The highest BCUT2D eigenvalue weighted by molar-refractivity contribution is 6.69. The van der Waals surface area contributed by atoms with E-state index in [1.165, 1.54) is 7.11 Å². The number of methoxy groups -OCH3 is 1. The molecule has 4 rings (SSSR count). The molecule has 1 aromatic rings. The minimum absolute atomic E-state index is 0.113. The summed E-state index contributed by atoms with van der Waals surface area (Å²) in [6.07, 6.45) is 3.14. The first-order chi connectivity index (χ1) is 19.0. The van der Waals surface area contributed by atoms with Crippen molar-refractivity contribution < 1.29 is 37.6 Å². The van der Waals surface area contributed by atoms with Gasteiger partial charge in [-0.05, 0) is 52.2 Å². The molecule has 40 heavy (non-hydrogen) atoms. The van der Waals surface area contributed by atoms with Crippen molar-refractivity contribution in [1.82, 2.24) is 0 Å². The van der Waals surface area contributed by atoms with Crippen molar-refractivity contribution in [2.45, 2.75) is 114 Å². The van der Waals surface area contributed by atoms with Gasteiger partial charge in [0, 0.05) is 24.5 Å². The number of fused-ring (bicyclic) bond motifs is 1. The van der Waals surface area contributed by atoms with E-state index in [9.17, 15) is 4.79 Å². The summed E-state index contributed by atoms with van der Waals surface area (Å²) in [7, 11) is -0.555. The first-order valence-corrected chi connectivity index (χ1v) is 18.1. The zero-order chi connectivity index (χ0) is 28.9. The predicted octanol–water partition coefficient (Wildman–Crippen LogP) is 5.58. The quantitative estimate of drug-likeness (QED) is 0.192. The van der Waals surface area contributed by atoms with Crippen molar-refractivity contribution in [2.24, 2.45) is 5.92 Å². The Morgan fingerprint density at radius 3 is 2.60 bits per heavy atom. The second-order valence-corrected chi connectivity index (χ2v) is 16.9. The Bertz CT molecular complexity index is 968. The molecule has 0 radical (unpaired) electrons. The SMILES string of the molecule is C=C[C@@H](C)[C@H]1OCCC[C@@H]1O[C@@H](CC[C@@H]1O[C@@H]2CO[C@@H](c3ccccc3)O[C@H]2C[C@@]1(C)O[Si](C)(C)C)C(=O)OC. The molecular weight excluding hydrogens is 528 g/mol. The van der Waals surface area contributed by atoms with Crippen LogP contribution in [0.4, 0.5) is 0 Å². The van der Waals surface area contributed by atoms with Gasteiger partial charge in [0.05, 0.1) is 43.7 Å². The number of ether oxygens (including phenoxy) is 6. The molecule has 0 aliphatic carbocycles. The molecule has 8 nitrogen and oxygen atoms in total. The van der Waals surface area contributed by atoms with E-state index in [-0.39, 0.29) is 42.4 Å². The summed E-state index contributed by atoms with van der Waals surface area (Å²) >= 11 is 0. The van der Waals surface area contributed by atoms with Crippen LogP contribution in [-0.2, 0) is 37.6 Å². The highest BCUT2D eigenvalue weighted by Crippen LogP contribution is 2.42. The summed E-state index contributed by atoms with van der Waals surface area (Å²) < 4.78 is 43.6. The topological polar surface area (TPSA) is 81.7 Å². The molecule has 224 valence electrons. The number of hydrogen-bond donors (Lipinski definition) is 0. The Hall–Kier alpha value is -1.59. The minimum atomic E-state index is -1.96. The first-order valence-electron chi connectivity index (χ1n) is 14.7. The van der Waals surface area contributed by atoms with E-state index >= 15 is 0 Å². The average Bonchev–Trinajstić information content (AvgIpc) is 2.93. The standard InChI is InChI=1S/C31H48O8Si/c1-8-21(2)28-23(15-12-18-34-28)36-24(29(32)33-4)16-17-27-31(3,39-40(5,6)7)19-25-26(37-27)20-35-30(38-25)22-13-10-9-11-14-22/h8-11,13-14,21,23-28,30H,1,12,15-20H2,2-7H3/t21-,23+,24+,25+,26-,27+,28-,30-,31-/m1/s1. The Morgan fingerprint density at radius 2 is 1.93 bits per heavy atom. The van der Waals surface area contributed by atoms with Crippen LogP contribution >= 0.6 is 0 Å². The van der Waals surface area contributed by atoms with Gasteiger partial charge < -0.3 is 32.8 Å². The highest BCUT2D eigenvalue weighted by Gasteiger charge is 2.51. The fourth-order valence-electron chi connectivity index (χ4n) is 6.16. The van der Waals surface area contributed by atoms with Crippen molar-refractivity contribution in [1.29, 1.82) is 0 Å². The van der Waals surface area contributed by atoms with Crippen molar-refractivity contribution in [3.05, 3.63) is 48.6 Å². The molecular formula is C31H48O8Si. The molecule has 1 aromatic carbocycles. The Balaban J connectivity index is 1.47. The van der Waals surface area contributed by atoms with Gasteiger partial charge in [0.25, 0.3) is 0 Å². The maximum atomic E-state index is 12.9. The van der Waals surface area contributed by atoms with Gasteiger partial charge in [0.2, 0.25) is 0 Å². The summed E-state index contributed by atoms with van der Waals surface area (Å²) in [5.41, 5.74) is 0.406. The van der Waals surface area contributed by atoms with Gasteiger partial charge in [0.1, 0.15) is 6.10 Å². The van der Waals surface area contributed by atoms with Crippen LogP contribution in [0.5, 0.6) is 0 Å². The summed E-state index contributed by atoms with van der Waals surface area (Å²) in [6, 6.07) is 9.98. The lowest BCUT2D eigenvalue weighted by molar-refractivity contribution is -0.314. The Morgan fingerprint density at radius 1 is 1.18 bits per heavy atom. The largest absolute Gasteiger partial charge is 0.467 e. The van der Waals surface area contributed by atoms with Crippen LogP contribution in [-0.4, -0.2) is 76.8 Å². The monoisotopic (exact) mass is 576 g/mol. The molecule has 0 aromatic heterocycles. The third kappa shape index (κ3) is 7.82. The molecule has 0 spiro atoms. The van der Waals surface area contributed by atoms with E-state index in [0.29, 0.717) is 32.5 Å². The summed E-state index contributed by atoms with van der Waals surface area (Å²) in [5.74, 6) is -0.270. The maximum absolute atomic E-state index is 12.9. The number of carbonyl (C=O) groups excluding carboxylic acids is 1. The van der Waals surface area contributed by atoms with Gasteiger partial charge in [-0.15, -0.1) is 6.58 Å². The van der Waals surface area contributed by atoms with Crippen LogP contribution in [0.15, 0.2) is 43.0 Å². The number of esters is 1. The highest BCUT2D eigenvalue weighted by atomic mass is 28.4. The van der Waals surface area contributed by atoms with Gasteiger partial charge in [0.15, 0.2) is 20.7 Å². The van der Waals surface area contributed by atoms with Gasteiger partial charge in [-0.3, -0.25) is 0 Å². The van der Waals surface area contributed by atoms with Crippen LogP contribution in [0.1, 0.15) is 57.8 Å². The molecule has 3 aliphatic heterocycles. The van der Waals surface area contributed by atoms with Gasteiger partial charge in [-0.1, -0.05) is 43.3 Å². The van der Waals surface area contributed by atoms with E-state index < -0.39 is 26.3 Å². The second kappa shape index (κ2) is 13.6. The molecule has 0 saturated carbocycles. The molecule has 3 saturated heterocycles. The third-order valence-electron chi connectivity index (χ3n) is 8.06. The second-order valence-electron chi connectivity index (χ2n) is 12.5. The first kappa shape index (κ1) is 31.3. The molecule has 3 aliphatic rings. The van der Waals surface area contributed by atoms with E-state index in [4.69, 9.17) is 32.8 Å². The zero-order valence-electron chi connectivity index (χ0n) is 25.0. The van der Waals surface area contributed by atoms with Crippen LogP contribution in [0.25, 0.3) is 0 Å². The number of rotatable bonds is 11. The predicted molar refractivity (Wildman–Crippen MR) is 154 cm³/mol. The molecule has 0 unspecified atom stereocenters. The van der Waals surface area contributed by atoms with E-state index in [0.717, 1.165) is 18.4 Å². The fraction of sp³-hybridized carbons (Fsp3) is 0.710. The van der Waals surface area contributed by atoms with E-state index in [2.05, 4.69) is 40.1 Å². The number of benzene rings is 1. The molecule has 0 amide bonds. The van der Waals surface area contributed by atoms with Gasteiger partial charge in [-0.2, -0.15) is 0 Å². The molecule has 9 atom stereocenters. The minimum Gasteiger partial charge on any atom is -0.467 e. The lowest BCUT2D eigenvalue weighted by Gasteiger charge is -2.52. The molecule has 9 heteroatoms. The molecule has 3 heterocycles. The smallest absolute Gasteiger partial charge is 0.334 e. The lowest BCUT2D eigenvalue weighted by Crippen LogP contribution is -2.61. The molecule has 0 bridgehead atoms. The van der Waals surface area contributed by atoms with E-state index in [1.807, 2.05) is 36.4 Å². The van der Waals surface area contributed by atoms with Gasteiger partial charge in [-0.25, -0.2) is 4.79 Å². The van der Waals surface area contributed by atoms with E-state index in [1.54, 1.807) is 0 Å². The fourth-order valence-corrected chi connectivity index (χ4v) is 7.78. The lowest BCUT2D eigenvalue weighted by atomic mass is 9.83.